The van der Waals surface area contributed by atoms with Crippen molar-refractivity contribution in [1.29, 1.82) is 0 Å². The van der Waals surface area contributed by atoms with Crippen molar-refractivity contribution in [3.63, 3.8) is 0 Å². The predicted octanol–water partition coefficient (Wildman–Crippen LogP) is 1.55. The summed E-state index contributed by atoms with van der Waals surface area (Å²) >= 11 is 0. The Morgan fingerprint density at radius 2 is 1.25 bits per heavy atom. The highest BCUT2D eigenvalue weighted by atomic mass is 16.6. The molecule has 4 amide bonds. The molecule has 0 saturated carbocycles. The van der Waals surface area contributed by atoms with Crippen molar-refractivity contribution in [2.45, 2.75) is 91.3 Å². The van der Waals surface area contributed by atoms with Crippen molar-refractivity contribution < 1.29 is 33.4 Å². The number of hydrogen-bond donors (Lipinski definition) is 4. The monoisotopic (exact) mass is 506 g/mol. The van der Waals surface area contributed by atoms with E-state index in [-0.39, 0.29) is 6.61 Å². The second-order valence-corrected chi connectivity index (χ2v) is 9.39. The van der Waals surface area contributed by atoms with E-state index < -0.39 is 59.6 Å². The Hall–Kier alpha value is -3.63. The molecule has 0 bridgehead atoms. The Balaban J connectivity index is 2.52. The lowest BCUT2D eigenvalue weighted by Gasteiger charge is -2.23. The summed E-state index contributed by atoms with van der Waals surface area (Å²) in [5.41, 5.74) is 0.0962. The van der Waals surface area contributed by atoms with Gasteiger partial charge >= 0.3 is 12.1 Å². The summed E-state index contributed by atoms with van der Waals surface area (Å²) < 4.78 is 10.4. The fraction of sp³-hybridized carbons (Fsp3) is 0.560. The lowest BCUT2D eigenvalue weighted by atomic mass is 10.2. The number of esters is 1. The van der Waals surface area contributed by atoms with E-state index in [2.05, 4.69) is 21.3 Å². The first-order valence-corrected chi connectivity index (χ1v) is 11.8. The van der Waals surface area contributed by atoms with Crippen LogP contribution in [-0.2, 0) is 35.3 Å². The van der Waals surface area contributed by atoms with E-state index in [1.54, 1.807) is 27.7 Å². The van der Waals surface area contributed by atoms with E-state index in [1.165, 1.54) is 20.8 Å². The van der Waals surface area contributed by atoms with E-state index in [4.69, 9.17) is 9.47 Å². The van der Waals surface area contributed by atoms with Crippen LogP contribution in [0.4, 0.5) is 4.79 Å². The van der Waals surface area contributed by atoms with Crippen molar-refractivity contribution >= 4 is 29.8 Å². The van der Waals surface area contributed by atoms with E-state index in [1.807, 2.05) is 30.3 Å². The number of nitrogens with one attached hydrogen (secondary N) is 4. The molecule has 0 heterocycles. The molecular weight excluding hydrogens is 468 g/mol. The second-order valence-electron chi connectivity index (χ2n) is 9.39. The molecule has 1 aromatic carbocycles. The smallest absolute Gasteiger partial charge is 0.408 e. The van der Waals surface area contributed by atoms with Crippen LogP contribution in [0.25, 0.3) is 0 Å². The van der Waals surface area contributed by atoms with Gasteiger partial charge in [0.25, 0.3) is 0 Å². The van der Waals surface area contributed by atoms with Crippen LogP contribution in [0, 0.1) is 0 Å². The van der Waals surface area contributed by atoms with Crippen LogP contribution in [-0.4, -0.2) is 59.6 Å². The molecule has 4 N–H and O–H groups in total. The lowest BCUT2D eigenvalue weighted by molar-refractivity contribution is -0.149. The predicted molar refractivity (Wildman–Crippen MR) is 133 cm³/mol. The molecule has 11 heteroatoms. The van der Waals surface area contributed by atoms with Crippen LogP contribution >= 0.6 is 0 Å². The van der Waals surface area contributed by atoms with Gasteiger partial charge in [0.05, 0.1) is 0 Å². The maximum atomic E-state index is 12.5. The van der Waals surface area contributed by atoms with Crippen molar-refractivity contribution in [3.05, 3.63) is 35.9 Å². The first-order chi connectivity index (χ1) is 16.7. The van der Waals surface area contributed by atoms with Crippen LogP contribution in [0.2, 0.25) is 0 Å². The number of ether oxygens (including phenoxy) is 2. The van der Waals surface area contributed by atoms with Crippen molar-refractivity contribution in [3.8, 4) is 0 Å². The van der Waals surface area contributed by atoms with Crippen molar-refractivity contribution in [2.24, 2.45) is 0 Å². The minimum Gasteiger partial charge on any atom is -0.459 e. The molecule has 0 aromatic heterocycles. The van der Waals surface area contributed by atoms with Crippen molar-refractivity contribution in [2.75, 3.05) is 0 Å². The van der Waals surface area contributed by atoms with Crippen LogP contribution in [0.1, 0.15) is 60.5 Å². The van der Waals surface area contributed by atoms with Gasteiger partial charge in [0.1, 0.15) is 36.4 Å². The molecule has 0 fully saturated rings. The minimum atomic E-state index is -0.992. The number of rotatable bonds is 11. The molecule has 0 unspecified atom stereocenters. The average molecular weight is 507 g/mol. The molecule has 36 heavy (non-hydrogen) atoms. The second kappa shape index (κ2) is 14.1. The molecule has 0 radical (unpaired) electrons. The number of carbonyl (C=O) groups is 5. The first-order valence-electron chi connectivity index (χ1n) is 11.8. The molecule has 1 rings (SSSR count). The fourth-order valence-corrected chi connectivity index (χ4v) is 2.81. The number of amides is 4. The number of carbonyl (C=O) groups excluding carboxylic acids is 5. The molecule has 11 nitrogen and oxygen atoms in total. The Morgan fingerprint density at radius 3 is 1.72 bits per heavy atom. The highest BCUT2D eigenvalue weighted by Crippen LogP contribution is 2.07. The molecule has 200 valence electrons. The Labute approximate surface area is 212 Å². The molecule has 1 aromatic rings. The summed E-state index contributed by atoms with van der Waals surface area (Å²) in [6.07, 6.45) is -0.463. The molecule has 0 aliphatic heterocycles. The normalized spacial score (nSPS) is 14.3. The third-order valence-corrected chi connectivity index (χ3v) is 4.86. The van der Waals surface area contributed by atoms with Crippen LogP contribution in [0.3, 0.4) is 0 Å². The van der Waals surface area contributed by atoms with Gasteiger partial charge < -0.3 is 30.7 Å². The summed E-state index contributed by atoms with van der Waals surface area (Å²) in [6.45, 7) is 11.2. The third kappa shape index (κ3) is 11.2. The van der Waals surface area contributed by atoms with Crippen LogP contribution < -0.4 is 21.3 Å². The summed E-state index contributed by atoms with van der Waals surface area (Å²) in [4.78, 5) is 61.5. The summed E-state index contributed by atoms with van der Waals surface area (Å²) in [5.74, 6) is -2.38. The summed E-state index contributed by atoms with van der Waals surface area (Å²) in [6, 6.07) is 5.34. The van der Waals surface area contributed by atoms with Gasteiger partial charge in [-0.1, -0.05) is 37.3 Å². The molecule has 0 aliphatic rings. The molecular formula is C25H38N4O7. The zero-order valence-electron chi connectivity index (χ0n) is 22.0. The zero-order chi connectivity index (χ0) is 27.5. The van der Waals surface area contributed by atoms with E-state index in [9.17, 15) is 24.0 Å². The maximum Gasteiger partial charge on any atom is 0.408 e. The van der Waals surface area contributed by atoms with Crippen LogP contribution in [0.15, 0.2) is 30.3 Å². The largest absolute Gasteiger partial charge is 0.459 e. The van der Waals surface area contributed by atoms with E-state index in [0.717, 1.165) is 5.56 Å². The van der Waals surface area contributed by atoms with Gasteiger partial charge in [0.2, 0.25) is 17.7 Å². The summed E-state index contributed by atoms with van der Waals surface area (Å²) in [7, 11) is 0. The number of hydrogen-bond acceptors (Lipinski definition) is 7. The molecule has 0 aliphatic carbocycles. The van der Waals surface area contributed by atoms with Gasteiger partial charge in [-0.25, -0.2) is 9.59 Å². The standard InChI is InChI=1S/C25H38N4O7/c1-8-19(23(33)35-14-18-12-10-9-11-13-18)29-22(32)16(3)27-20(30)15(2)26-21(31)17(4)28-24(34)36-25(5,6)7/h9-13,15-17,19H,8,14H2,1-7H3,(H,26,31)(H,27,30)(H,28,34)(H,29,32)/t15-,16-,17-,19-/m0/s1. The van der Waals surface area contributed by atoms with E-state index >= 15 is 0 Å². The quantitative estimate of drug-likeness (QED) is 0.332. The van der Waals surface area contributed by atoms with Crippen molar-refractivity contribution in [1.82, 2.24) is 21.3 Å². The topological polar surface area (TPSA) is 152 Å². The summed E-state index contributed by atoms with van der Waals surface area (Å²) in [5, 5.41) is 9.91. The Kier molecular flexibility index (Phi) is 11.9. The van der Waals surface area contributed by atoms with Gasteiger partial charge in [-0.3, -0.25) is 14.4 Å². The zero-order valence-corrected chi connectivity index (χ0v) is 22.0. The van der Waals surface area contributed by atoms with Gasteiger partial charge in [0, 0.05) is 0 Å². The SMILES string of the molecule is CC[C@H](NC(=O)[C@H](C)NC(=O)[C@H](C)NC(=O)[C@H](C)NC(=O)OC(C)(C)C)C(=O)OCc1ccccc1. The number of alkyl carbamates (subject to hydrolysis) is 1. The molecule has 4 atom stereocenters. The van der Waals surface area contributed by atoms with Crippen LogP contribution in [0.5, 0.6) is 0 Å². The number of benzene rings is 1. The Morgan fingerprint density at radius 1 is 0.778 bits per heavy atom. The highest BCUT2D eigenvalue weighted by Gasteiger charge is 2.27. The van der Waals surface area contributed by atoms with Gasteiger partial charge in [-0.2, -0.15) is 0 Å². The van der Waals surface area contributed by atoms with E-state index in [0.29, 0.717) is 6.42 Å². The molecule has 0 spiro atoms. The Bertz CT molecular complexity index is 915. The highest BCUT2D eigenvalue weighted by molar-refractivity contribution is 5.94. The third-order valence-electron chi connectivity index (χ3n) is 4.86. The fourth-order valence-electron chi connectivity index (χ4n) is 2.81. The van der Waals surface area contributed by atoms with Gasteiger partial charge in [-0.05, 0) is 53.5 Å². The maximum absolute atomic E-state index is 12.5. The minimum absolute atomic E-state index is 0.0801. The van der Waals surface area contributed by atoms with Gasteiger partial charge in [-0.15, -0.1) is 0 Å². The van der Waals surface area contributed by atoms with Gasteiger partial charge in [0.15, 0.2) is 0 Å². The average Bonchev–Trinajstić information content (AvgIpc) is 2.79. The molecule has 0 saturated heterocycles. The first kappa shape index (κ1) is 30.4. The lowest BCUT2D eigenvalue weighted by Crippen LogP contribution is -2.56.